The van der Waals surface area contributed by atoms with Gasteiger partial charge in [0.25, 0.3) is 0 Å². The molecule has 0 bridgehead atoms. The van der Waals surface area contributed by atoms with Crippen molar-refractivity contribution in [3.63, 3.8) is 0 Å². The van der Waals surface area contributed by atoms with Crippen LogP contribution in [0.15, 0.2) is 60.9 Å². The number of rotatable bonds is 5. The van der Waals surface area contributed by atoms with Crippen LogP contribution in [-0.2, 0) is 0 Å². The van der Waals surface area contributed by atoms with Crippen molar-refractivity contribution < 1.29 is 13.5 Å². The third kappa shape index (κ3) is 4.46. The monoisotopic (exact) mass is 426 g/mol. The molecule has 152 valence electrons. The number of pyridine rings is 1. The zero-order chi connectivity index (χ0) is 21.3. The van der Waals surface area contributed by atoms with Crippen LogP contribution in [0.2, 0.25) is 5.02 Å². The van der Waals surface area contributed by atoms with E-state index in [2.05, 4.69) is 20.3 Å². The fourth-order valence-corrected chi connectivity index (χ4v) is 3.06. The number of hydrogen-bond donors (Lipinski definition) is 1. The Bertz CT molecular complexity index is 1210. The summed E-state index contributed by atoms with van der Waals surface area (Å²) in [7, 11) is 0. The molecule has 4 aromatic rings. The van der Waals surface area contributed by atoms with Gasteiger partial charge in [0, 0.05) is 48.9 Å². The van der Waals surface area contributed by atoms with Gasteiger partial charge in [-0.2, -0.15) is 4.39 Å². The van der Waals surface area contributed by atoms with Crippen molar-refractivity contribution in [2.75, 3.05) is 5.32 Å². The summed E-state index contributed by atoms with van der Waals surface area (Å²) in [6.07, 6.45) is 3.30. The van der Waals surface area contributed by atoms with E-state index < -0.39 is 11.7 Å². The number of nitrogens with zero attached hydrogens (tertiary/aromatic N) is 3. The highest BCUT2D eigenvalue weighted by Crippen LogP contribution is 2.31. The van der Waals surface area contributed by atoms with Gasteiger partial charge in [-0.15, -0.1) is 0 Å². The first-order valence-electron chi connectivity index (χ1n) is 9.11. The molecule has 0 radical (unpaired) electrons. The predicted molar refractivity (Wildman–Crippen MR) is 113 cm³/mol. The molecule has 2 heterocycles. The predicted octanol–water partition coefficient (Wildman–Crippen LogP) is 6.31. The average molecular weight is 427 g/mol. The lowest BCUT2D eigenvalue weighted by Crippen LogP contribution is -2.20. The number of halogens is 3. The van der Waals surface area contributed by atoms with Gasteiger partial charge in [0.15, 0.2) is 5.82 Å². The van der Waals surface area contributed by atoms with Crippen LogP contribution in [0.3, 0.4) is 0 Å². The Morgan fingerprint density at radius 1 is 1.07 bits per heavy atom. The smallest absolute Gasteiger partial charge is 0.242 e. The van der Waals surface area contributed by atoms with Gasteiger partial charge >= 0.3 is 0 Å². The second-order valence-corrected chi connectivity index (χ2v) is 7.44. The van der Waals surface area contributed by atoms with Gasteiger partial charge in [0.2, 0.25) is 5.85 Å². The molecule has 2 aromatic heterocycles. The minimum absolute atomic E-state index is 0.00768. The standard InChI is InChI=1S/C22H17ClF2N4O/c1-22(2,25)30-15-6-7-16-19(11-15)28-20(13-4-3-9-26-12-13)29-21(16)27-14-5-8-18(24)17(23)10-14/h3-12H,1-2H3,(H,27,28,29). The van der Waals surface area contributed by atoms with E-state index in [4.69, 9.17) is 16.3 Å². The summed E-state index contributed by atoms with van der Waals surface area (Å²) in [6.45, 7) is 2.65. The molecule has 0 fully saturated rings. The number of ether oxygens (including phenoxy) is 1. The van der Waals surface area contributed by atoms with Crippen LogP contribution in [-0.4, -0.2) is 20.8 Å². The van der Waals surface area contributed by atoms with Crippen molar-refractivity contribution in [3.05, 3.63) is 71.8 Å². The minimum Gasteiger partial charge on any atom is -0.458 e. The number of anilines is 2. The van der Waals surface area contributed by atoms with E-state index in [0.717, 1.165) is 0 Å². The Labute approximate surface area is 176 Å². The van der Waals surface area contributed by atoms with Crippen molar-refractivity contribution in [1.82, 2.24) is 15.0 Å². The van der Waals surface area contributed by atoms with Crippen LogP contribution in [0.1, 0.15) is 13.8 Å². The Morgan fingerprint density at radius 3 is 2.60 bits per heavy atom. The zero-order valence-electron chi connectivity index (χ0n) is 16.2. The van der Waals surface area contributed by atoms with E-state index in [-0.39, 0.29) is 5.02 Å². The van der Waals surface area contributed by atoms with Gasteiger partial charge in [0.05, 0.1) is 10.5 Å². The summed E-state index contributed by atoms with van der Waals surface area (Å²) in [5.74, 6) is -1.11. The SMILES string of the molecule is CC(C)(F)Oc1ccc2c(Nc3ccc(F)c(Cl)c3)nc(-c3cccnc3)nc2c1. The van der Waals surface area contributed by atoms with Gasteiger partial charge in [0.1, 0.15) is 17.4 Å². The zero-order valence-corrected chi connectivity index (χ0v) is 16.9. The molecular weight excluding hydrogens is 410 g/mol. The molecule has 0 saturated heterocycles. The maximum atomic E-state index is 13.9. The molecule has 30 heavy (non-hydrogen) atoms. The molecule has 0 aliphatic heterocycles. The quantitative estimate of drug-likeness (QED) is 0.405. The number of fused-ring (bicyclic) bond motifs is 1. The molecule has 0 amide bonds. The molecule has 1 N–H and O–H groups in total. The number of hydrogen-bond acceptors (Lipinski definition) is 5. The van der Waals surface area contributed by atoms with Gasteiger partial charge < -0.3 is 10.1 Å². The number of aromatic nitrogens is 3. The lowest BCUT2D eigenvalue weighted by atomic mass is 10.2. The summed E-state index contributed by atoms with van der Waals surface area (Å²) >= 11 is 5.90. The van der Waals surface area contributed by atoms with Crippen molar-refractivity contribution >= 4 is 34.0 Å². The summed E-state index contributed by atoms with van der Waals surface area (Å²) in [5, 5.41) is 3.82. The van der Waals surface area contributed by atoms with E-state index in [1.807, 2.05) is 6.07 Å². The fourth-order valence-electron chi connectivity index (χ4n) is 2.88. The molecule has 0 aliphatic carbocycles. The van der Waals surface area contributed by atoms with Crippen molar-refractivity contribution in [2.24, 2.45) is 0 Å². The molecule has 0 unspecified atom stereocenters. The molecular formula is C22H17ClF2N4O. The molecule has 0 spiro atoms. The highest BCUT2D eigenvalue weighted by Gasteiger charge is 2.18. The van der Waals surface area contributed by atoms with Gasteiger partial charge in [-0.1, -0.05) is 11.6 Å². The number of alkyl halides is 1. The molecule has 2 aromatic carbocycles. The second-order valence-electron chi connectivity index (χ2n) is 7.04. The van der Waals surface area contributed by atoms with Crippen molar-refractivity contribution in [1.29, 1.82) is 0 Å². The molecule has 4 rings (SSSR count). The number of nitrogens with one attached hydrogen (secondary N) is 1. The van der Waals surface area contributed by atoms with Crippen LogP contribution >= 0.6 is 11.6 Å². The van der Waals surface area contributed by atoms with Crippen molar-refractivity contribution in [2.45, 2.75) is 19.7 Å². The normalized spacial score (nSPS) is 11.5. The fraction of sp³-hybridized carbons (Fsp3) is 0.136. The summed E-state index contributed by atoms with van der Waals surface area (Å²) < 4.78 is 32.8. The third-order valence-electron chi connectivity index (χ3n) is 4.13. The van der Waals surface area contributed by atoms with Crippen molar-refractivity contribution in [3.8, 4) is 17.1 Å². The third-order valence-corrected chi connectivity index (χ3v) is 4.42. The highest BCUT2D eigenvalue weighted by atomic mass is 35.5. The van der Waals surface area contributed by atoms with E-state index in [9.17, 15) is 8.78 Å². The number of benzene rings is 2. The Kier molecular flexibility index (Phi) is 5.22. The average Bonchev–Trinajstić information content (AvgIpc) is 2.70. The Hall–Kier alpha value is -3.32. The van der Waals surface area contributed by atoms with Crippen LogP contribution < -0.4 is 10.1 Å². The molecule has 5 nitrogen and oxygen atoms in total. The van der Waals surface area contributed by atoms with E-state index in [1.165, 1.54) is 26.0 Å². The maximum absolute atomic E-state index is 13.9. The summed E-state index contributed by atoms with van der Waals surface area (Å²) in [4.78, 5) is 13.3. The van der Waals surface area contributed by atoms with E-state index >= 15 is 0 Å². The Balaban J connectivity index is 1.84. The molecule has 0 aliphatic rings. The first-order valence-corrected chi connectivity index (χ1v) is 9.48. The van der Waals surface area contributed by atoms with E-state index in [0.29, 0.717) is 39.5 Å². The molecule has 8 heteroatoms. The largest absolute Gasteiger partial charge is 0.458 e. The first-order chi connectivity index (χ1) is 14.3. The lowest BCUT2D eigenvalue weighted by Gasteiger charge is -2.18. The van der Waals surface area contributed by atoms with Gasteiger partial charge in [-0.3, -0.25) is 4.98 Å². The van der Waals surface area contributed by atoms with E-state index in [1.54, 1.807) is 42.7 Å². The van der Waals surface area contributed by atoms with Crippen LogP contribution in [0.5, 0.6) is 5.75 Å². The molecule has 0 atom stereocenters. The van der Waals surface area contributed by atoms with Gasteiger partial charge in [-0.25, -0.2) is 14.4 Å². The van der Waals surface area contributed by atoms with Crippen LogP contribution in [0, 0.1) is 5.82 Å². The van der Waals surface area contributed by atoms with Crippen LogP contribution in [0.4, 0.5) is 20.3 Å². The topological polar surface area (TPSA) is 59.9 Å². The summed E-state index contributed by atoms with van der Waals surface area (Å²) in [6, 6.07) is 12.9. The lowest BCUT2D eigenvalue weighted by molar-refractivity contribution is -0.0255. The maximum Gasteiger partial charge on any atom is 0.242 e. The van der Waals surface area contributed by atoms with Crippen LogP contribution in [0.25, 0.3) is 22.3 Å². The van der Waals surface area contributed by atoms with Gasteiger partial charge in [-0.05, 0) is 42.5 Å². The second kappa shape index (κ2) is 7.84. The minimum atomic E-state index is -1.83. The highest BCUT2D eigenvalue weighted by molar-refractivity contribution is 6.31. The summed E-state index contributed by atoms with van der Waals surface area (Å²) in [5.41, 5.74) is 1.81. The molecule has 0 saturated carbocycles. The Morgan fingerprint density at radius 2 is 1.90 bits per heavy atom. The first kappa shape index (κ1) is 20.0.